The largest absolute Gasteiger partial charge is 0.478 e. The molecule has 0 saturated heterocycles. The van der Waals surface area contributed by atoms with Crippen molar-refractivity contribution in [1.29, 1.82) is 0 Å². The van der Waals surface area contributed by atoms with E-state index in [2.05, 4.69) is 13.8 Å². The Hall–Kier alpha value is -4.32. The Morgan fingerprint density at radius 2 is 1.64 bits per heavy atom. The van der Waals surface area contributed by atoms with Crippen molar-refractivity contribution in [3.05, 3.63) is 89.2 Å². The molecule has 36 heavy (non-hydrogen) atoms. The van der Waals surface area contributed by atoms with E-state index in [1.807, 2.05) is 66.2 Å². The molecular weight excluding hydrogens is 450 g/mol. The molecule has 178 valence electrons. The molecule has 6 nitrogen and oxygen atoms in total. The zero-order valence-electron chi connectivity index (χ0n) is 20.4. The number of aromatic nitrogens is 3. The van der Waals surface area contributed by atoms with Crippen molar-refractivity contribution in [2.45, 2.75) is 33.6 Å². The minimum atomic E-state index is -1.00. The van der Waals surface area contributed by atoms with Crippen molar-refractivity contribution in [3.63, 3.8) is 0 Å². The van der Waals surface area contributed by atoms with Crippen LogP contribution in [0.4, 0.5) is 0 Å². The first kappa shape index (κ1) is 22.2. The van der Waals surface area contributed by atoms with Gasteiger partial charge in [-0.1, -0.05) is 62.4 Å². The van der Waals surface area contributed by atoms with Gasteiger partial charge in [0.2, 0.25) is 0 Å². The lowest BCUT2D eigenvalue weighted by atomic mass is 9.73. The Morgan fingerprint density at radius 3 is 2.36 bits per heavy atom. The van der Waals surface area contributed by atoms with Crippen molar-refractivity contribution in [2.24, 2.45) is 5.41 Å². The van der Waals surface area contributed by atoms with Gasteiger partial charge >= 0.3 is 5.97 Å². The number of carboxylic acids is 1. The summed E-state index contributed by atoms with van der Waals surface area (Å²) in [5.74, 6) is -0.973. The van der Waals surface area contributed by atoms with Gasteiger partial charge in [-0.15, -0.1) is 0 Å². The Labute approximate surface area is 208 Å². The molecule has 0 radical (unpaired) electrons. The van der Waals surface area contributed by atoms with Gasteiger partial charge < -0.3 is 5.11 Å². The molecule has 2 heterocycles. The maximum atomic E-state index is 13.7. The number of Topliss-reactive ketones (excluding diaryl/α,β-unsaturated/α-hetero) is 1. The molecule has 6 rings (SSSR count). The zero-order valence-corrected chi connectivity index (χ0v) is 20.4. The van der Waals surface area contributed by atoms with Crippen molar-refractivity contribution < 1.29 is 14.7 Å². The third-order valence-corrected chi connectivity index (χ3v) is 7.03. The van der Waals surface area contributed by atoms with Crippen LogP contribution in [0.5, 0.6) is 0 Å². The first-order valence-electron chi connectivity index (χ1n) is 12.0. The molecule has 1 N–H and O–H groups in total. The molecule has 0 saturated carbocycles. The van der Waals surface area contributed by atoms with Crippen LogP contribution in [-0.4, -0.2) is 31.6 Å². The number of ketones is 1. The van der Waals surface area contributed by atoms with E-state index >= 15 is 0 Å². The van der Waals surface area contributed by atoms with Crippen LogP contribution in [0.1, 0.15) is 52.4 Å². The van der Waals surface area contributed by atoms with E-state index in [-0.39, 0.29) is 16.8 Å². The first-order chi connectivity index (χ1) is 17.2. The predicted molar refractivity (Wildman–Crippen MR) is 140 cm³/mol. The number of carbonyl (C=O) groups excluding carboxylic acids is 1. The highest BCUT2D eigenvalue weighted by molar-refractivity contribution is 6.18. The number of pyridine rings is 1. The highest BCUT2D eigenvalue weighted by atomic mass is 16.4. The number of rotatable bonds is 3. The average Bonchev–Trinajstić information content (AvgIpc) is 3.17. The van der Waals surface area contributed by atoms with Gasteiger partial charge in [0, 0.05) is 22.9 Å². The zero-order chi connectivity index (χ0) is 25.2. The van der Waals surface area contributed by atoms with Gasteiger partial charge in [-0.2, -0.15) is 5.10 Å². The number of benzene rings is 3. The Kier molecular flexibility index (Phi) is 4.83. The van der Waals surface area contributed by atoms with Gasteiger partial charge in [0.1, 0.15) is 0 Å². The molecule has 6 heteroatoms. The van der Waals surface area contributed by atoms with Crippen molar-refractivity contribution in [3.8, 4) is 16.8 Å². The van der Waals surface area contributed by atoms with Gasteiger partial charge in [-0.3, -0.25) is 4.79 Å². The fourth-order valence-electron chi connectivity index (χ4n) is 5.58. The average molecular weight is 476 g/mol. The number of carbonyl (C=O) groups is 2. The lowest BCUT2D eigenvalue weighted by molar-refractivity contribution is 0.0698. The molecule has 0 fully saturated rings. The SMILES string of the molecule is Cc1nn(-c2ccccc2)c2nc3c(c(-c4cccc5cccc(C(=O)O)c45)c12)C(=O)CC(C)(C)C3. The highest BCUT2D eigenvalue weighted by Gasteiger charge is 2.36. The van der Waals surface area contributed by atoms with Gasteiger partial charge in [-0.25, -0.2) is 14.5 Å². The quantitative estimate of drug-likeness (QED) is 0.326. The lowest BCUT2D eigenvalue weighted by Gasteiger charge is -2.31. The Bertz CT molecular complexity index is 1710. The number of carboxylic acid groups (broad SMARTS) is 1. The molecule has 0 atom stereocenters. The number of para-hydroxylation sites is 1. The van der Waals surface area contributed by atoms with Crippen LogP contribution in [-0.2, 0) is 6.42 Å². The maximum absolute atomic E-state index is 13.7. The predicted octanol–water partition coefficient (Wildman–Crippen LogP) is 6.40. The van der Waals surface area contributed by atoms with Crippen molar-refractivity contribution >= 4 is 33.6 Å². The number of aromatic carboxylic acids is 1. The summed E-state index contributed by atoms with van der Waals surface area (Å²) in [5.41, 5.74) is 5.04. The molecule has 1 aliphatic rings. The van der Waals surface area contributed by atoms with Crippen LogP contribution in [0.15, 0.2) is 66.7 Å². The second-order valence-corrected chi connectivity index (χ2v) is 10.3. The fourth-order valence-corrected chi connectivity index (χ4v) is 5.58. The summed E-state index contributed by atoms with van der Waals surface area (Å²) >= 11 is 0. The van der Waals surface area contributed by atoms with E-state index in [1.54, 1.807) is 12.1 Å². The van der Waals surface area contributed by atoms with Crippen LogP contribution in [0.25, 0.3) is 38.6 Å². The lowest BCUT2D eigenvalue weighted by Crippen LogP contribution is -2.28. The number of aryl methyl sites for hydroxylation is 1. The third kappa shape index (κ3) is 3.33. The molecule has 1 aliphatic carbocycles. The molecule has 0 bridgehead atoms. The van der Waals surface area contributed by atoms with Crippen LogP contribution in [0.2, 0.25) is 0 Å². The van der Waals surface area contributed by atoms with Crippen LogP contribution >= 0.6 is 0 Å². The van der Waals surface area contributed by atoms with E-state index in [0.717, 1.165) is 39.0 Å². The van der Waals surface area contributed by atoms with Crippen LogP contribution < -0.4 is 0 Å². The number of nitrogens with zero attached hydrogens (tertiary/aromatic N) is 3. The number of fused-ring (bicyclic) bond motifs is 3. The summed E-state index contributed by atoms with van der Waals surface area (Å²) in [7, 11) is 0. The second kappa shape index (κ2) is 7.85. The van der Waals surface area contributed by atoms with E-state index in [0.29, 0.717) is 29.4 Å². The summed E-state index contributed by atoms with van der Waals surface area (Å²) in [6, 6.07) is 20.8. The normalized spacial score (nSPS) is 14.8. The van der Waals surface area contributed by atoms with Gasteiger partial charge in [0.05, 0.1) is 28.0 Å². The smallest absolute Gasteiger partial charge is 0.336 e. The first-order valence-corrected chi connectivity index (χ1v) is 12.0. The third-order valence-electron chi connectivity index (χ3n) is 7.03. The molecule has 5 aromatic rings. The standard InChI is InChI=1S/C30H25N3O3/c1-17-24-26(20-13-7-9-18-10-8-14-21(25(18)20)29(35)36)27-22(15-30(2,3)16-23(27)34)31-28(24)33(32-17)19-11-5-4-6-12-19/h4-14H,15-16H2,1-3H3,(H,35,36). The highest BCUT2D eigenvalue weighted by Crippen LogP contribution is 2.45. The minimum Gasteiger partial charge on any atom is -0.478 e. The Balaban J connectivity index is 1.81. The van der Waals surface area contributed by atoms with Crippen molar-refractivity contribution in [1.82, 2.24) is 14.8 Å². The van der Waals surface area contributed by atoms with Gasteiger partial charge in [0.15, 0.2) is 11.4 Å². The molecule has 0 spiro atoms. The molecular formula is C30H25N3O3. The topological polar surface area (TPSA) is 85.1 Å². The van der Waals surface area contributed by atoms with Gasteiger partial charge in [0.25, 0.3) is 0 Å². The van der Waals surface area contributed by atoms with Crippen LogP contribution in [0, 0.1) is 12.3 Å². The van der Waals surface area contributed by atoms with E-state index in [4.69, 9.17) is 10.1 Å². The summed E-state index contributed by atoms with van der Waals surface area (Å²) < 4.78 is 1.82. The summed E-state index contributed by atoms with van der Waals surface area (Å²) in [6.07, 6.45) is 1.05. The number of hydrogen-bond acceptors (Lipinski definition) is 4. The summed E-state index contributed by atoms with van der Waals surface area (Å²) in [6.45, 7) is 6.08. The van der Waals surface area contributed by atoms with E-state index in [9.17, 15) is 14.7 Å². The number of hydrogen-bond donors (Lipinski definition) is 1. The minimum absolute atomic E-state index is 0.0299. The van der Waals surface area contributed by atoms with E-state index in [1.165, 1.54) is 0 Å². The monoisotopic (exact) mass is 475 g/mol. The summed E-state index contributed by atoms with van der Waals surface area (Å²) in [4.78, 5) is 31.0. The molecule has 2 aromatic heterocycles. The molecule has 0 aliphatic heterocycles. The van der Waals surface area contributed by atoms with E-state index < -0.39 is 5.97 Å². The second-order valence-electron chi connectivity index (χ2n) is 10.3. The molecule has 0 unspecified atom stereocenters. The fraction of sp³-hybridized carbons (Fsp3) is 0.200. The van der Waals surface area contributed by atoms with Gasteiger partial charge in [-0.05, 0) is 47.9 Å². The summed E-state index contributed by atoms with van der Waals surface area (Å²) in [5, 5.41) is 17.1. The van der Waals surface area contributed by atoms with Crippen molar-refractivity contribution in [2.75, 3.05) is 0 Å². The van der Waals surface area contributed by atoms with Crippen LogP contribution in [0.3, 0.4) is 0 Å². The maximum Gasteiger partial charge on any atom is 0.336 e. The molecule has 3 aromatic carbocycles. The molecule has 0 amide bonds. The Morgan fingerprint density at radius 1 is 0.917 bits per heavy atom.